The molecule has 0 bridgehead atoms. The summed E-state index contributed by atoms with van der Waals surface area (Å²) in [4.78, 5) is 10.7. The quantitative estimate of drug-likeness (QED) is 0.193. The Bertz CT molecular complexity index is 1000. The summed E-state index contributed by atoms with van der Waals surface area (Å²) >= 11 is 0. The molecule has 1 aliphatic heterocycles. The van der Waals surface area contributed by atoms with Gasteiger partial charge in [-0.2, -0.15) is 0 Å². The van der Waals surface area contributed by atoms with E-state index in [-0.39, 0.29) is 53.8 Å². The van der Waals surface area contributed by atoms with Crippen molar-refractivity contribution in [2.75, 3.05) is 37.6 Å². The van der Waals surface area contributed by atoms with Crippen LogP contribution in [0.2, 0.25) is 0 Å². The maximum Gasteiger partial charge on any atom is 0.240 e. The second kappa shape index (κ2) is 12.3. The highest BCUT2D eigenvalue weighted by molar-refractivity contribution is 14.0. The number of aryl methyl sites for hydroxylation is 1. The molecular formula is C21H30FIN6O2S. The number of hydrogen-bond donors (Lipinski definition) is 3. The lowest BCUT2D eigenvalue weighted by Gasteiger charge is -2.20. The Hall–Kier alpha value is -1.99. The first-order chi connectivity index (χ1) is 14.9. The average molecular weight is 576 g/mol. The van der Waals surface area contributed by atoms with Crippen molar-refractivity contribution >= 4 is 45.8 Å². The van der Waals surface area contributed by atoms with E-state index in [0.29, 0.717) is 31.4 Å². The van der Waals surface area contributed by atoms with Gasteiger partial charge in [-0.3, -0.25) is 4.99 Å². The molecule has 1 atom stereocenters. The van der Waals surface area contributed by atoms with Crippen molar-refractivity contribution in [1.29, 1.82) is 0 Å². The van der Waals surface area contributed by atoms with Gasteiger partial charge in [-0.15, -0.1) is 24.0 Å². The van der Waals surface area contributed by atoms with E-state index in [1.165, 1.54) is 6.07 Å². The minimum atomic E-state index is -3.56. The number of aromatic nitrogens is 1. The Morgan fingerprint density at radius 2 is 2.03 bits per heavy atom. The maximum atomic E-state index is 14.0. The summed E-state index contributed by atoms with van der Waals surface area (Å²) in [5.74, 6) is 0.634. The van der Waals surface area contributed by atoms with Crippen LogP contribution >= 0.6 is 24.0 Å². The van der Waals surface area contributed by atoms with Gasteiger partial charge in [0, 0.05) is 38.4 Å². The second-order valence-corrected chi connectivity index (χ2v) is 9.12. The van der Waals surface area contributed by atoms with Crippen LogP contribution in [0.1, 0.15) is 18.9 Å². The Morgan fingerprint density at radius 1 is 1.28 bits per heavy atom. The lowest BCUT2D eigenvalue weighted by atomic mass is 10.2. The van der Waals surface area contributed by atoms with E-state index in [0.717, 1.165) is 12.0 Å². The van der Waals surface area contributed by atoms with E-state index >= 15 is 0 Å². The number of guanidine groups is 1. The van der Waals surface area contributed by atoms with E-state index in [1.54, 1.807) is 36.5 Å². The van der Waals surface area contributed by atoms with Crippen LogP contribution in [0.3, 0.4) is 0 Å². The van der Waals surface area contributed by atoms with Gasteiger partial charge in [0.15, 0.2) is 17.6 Å². The minimum Gasteiger partial charge on any atom is -0.357 e. The number of nitrogens with zero attached hydrogens (tertiary/aromatic N) is 3. The molecule has 0 aliphatic carbocycles. The fraction of sp³-hybridized carbons (Fsp3) is 0.429. The van der Waals surface area contributed by atoms with Crippen LogP contribution in [0.5, 0.6) is 0 Å². The Morgan fingerprint density at radius 3 is 2.72 bits per heavy atom. The number of anilines is 1. The van der Waals surface area contributed by atoms with Crippen LogP contribution < -0.4 is 20.3 Å². The van der Waals surface area contributed by atoms with Gasteiger partial charge in [-0.1, -0.05) is 17.7 Å². The van der Waals surface area contributed by atoms with Crippen molar-refractivity contribution in [2.45, 2.75) is 31.2 Å². The van der Waals surface area contributed by atoms with Crippen molar-refractivity contribution in [3.8, 4) is 0 Å². The molecule has 0 radical (unpaired) electrons. The fourth-order valence-corrected chi connectivity index (χ4v) is 4.36. The summed E-state index contributed by atoms with van der Waals surface area (Å²) < 4.78 is 41.3. The van der Waals surface area contributed by atoms with Crippen molar-refractivity contribution in [3.05, 3.63) is 54.0 Å². The Kier molecular flexibility index (Phi) is 10.1. The molecule has 2 aromatic rings. The summed E-state index contributed by atoms with van der Waals surface area (Å²) in [5.41, 5.74) is 1.00. The monoisotopic (exact) mass is 576 g/mol. The number of halogens is 2. The highest BCUT2D eigenvalue weighted by Crippen LogP contribution is 2.20. The molecule has 2 heterocycles. The molecule has 11 heteroatoms. The molecule has 0 saturated carbocycles. The summed E-state index contributed by atoms with van der Waals surface area (Å²) in [7, 11) is -3.56. The summed E-state index contributed by atoms with van der Waals surface area (Å²) in [6, 6.07) is 9.78. The van der Waals surface area contributed by atoms with Crippen LogP contribution in [0.25, 0.3) is 0 Å². The standard InChI is InChI=1S/C21H29FN6O2S.HI/c1-3-23-21(25-12-13-26-31(29,30)18-8-6-16(2)7-9-18)27-17-10-14-28(15-17)20-19(22)5-4-11-24-20;/h4-9,11,17,26H,3,10,12-15H2,1-2H3,(H2,23,25,27);1H. The van der Waals surface area contributed by atoms with E-state index in [1.807, 2.05) is 18.7 Å². The van der Waals surface area contributed by atoms with Crippen molar-refractivity contribution in [3.63, 3.8) is 0 Å². The molecular weight excluding hydrogens is 546 g/mol. The first-order valence-corrected chi connectivity index (χ1v) is 11.8. The van der Waals surface area contributed by atoms with E-state index in [9.17, 15) is 12.8 Å². The molecule has 1 aromatic carbocycles. The molecule has 1 saturated heterocycles. The number of rotatable bonds is 8. The maximum absolute atomic E-state index is 14.0. The minimum absolute atomic E-state index is 0. The third kappa shape index (κ3) is 7.27. The Labute approximate surface area is 206 Å². The van der Waals surface area contributed by atoms with E-state index in [4.69, 9.17) is 0 Å². The zero-order valence-electron chi connectivity index (χ0n) is 18.2. The number of aliphatic imine (C=N–C) groups is 1. The molecule has 0 amide bonds. The van der Waals surface area contributed by atoms with Gasteiger partial charge in [0.2, 0.25) is 10.0 Å². The molecule has 0 spiro atoms. The fourth-order valence-electron chi connectivity index (χ4n) is 3.34. The van der Waals surface area contributed by atoms with Gasteiger partial charge < -0.3 is 15.5 Å². The number of benzene rings is 1. The average Bonchev–Trinajstić information content (AvgIpc) is 3.20. The van der Waals surface area contributed by atoms with Gasteiger partial charge in [-0.25, -0.2) is 22.5 Å². The number of nitrogens with one attached hydrogen (secondary N) is 3. The summed E-state index contributed by atoms with van der Waals surface area (Å²) in [5, 5.41) is 6.51. The van der Waals surface area contributed by atoms with Crippen molar-refractivity contribution < 1.29 is 12.8 Å². The molecule has 176 valence electrons. The van der Waals surface area contributed by atoms with Crippen molar-refractivity contribution in [1.82, 2.24) is 20.3 Å². The zero-order valence-corrected chi connectivity index (χ0v) is 21.4. The molecule has 8 nitrogen and oxygen atoms in total. The largest absolute Gasteiger partial charge is 0.357 e. The highest BCUT2D eigenvalue weighted by Gasteiger charge is 2.26. The van der Waals surface area contributed by atoms with E-state index < -0.39 is 10.0 Å². The number of pyridine rings is 1. The SMILES string of the molecule is CCNC(=NCCNS(=O)(=O)c1ccc(C)cc1)NC1CCN(c2ncccc2F)C1.I. The molecule has 1 unspecified atom stereocenters. The first kappa shape index (κ1) is 26.3. The normalized spacial score (nSPS) is 16.5. The van der Waals surface area contributed by atoms with Crippen LogP contribution in [0, 0.1) is 12.7 Å². The predicted molar refractivity (Wildman–Crippen MR) is 136 cm³/mol. The topological polar surface area (TPSA) is 98.7 Å². The molecule has 3 rings (SSSR count). The third-order valence-electron chi connectivity index (χ3n) is 4.92. The molecule has 1 fully saturated rings. The lowest BCUT2D eigenvalue weighted by molar-refractivity contribution is 0.581. The van der Waals surface area contributed by atoms with Crippen LogP contribution in [0.4, 0.5) is 10.2 Å². The van der Waals surface area contributed by atoms with E-state index in [2.05, 4.69) is 25.3 Å². The molecule has 32 heavy (non-hydrogen) atoms. The highest BCUT2D eigenvalue weighted by atomic mass is 127. The number of sulfonamides is 1. The first-order valence-electron chi connectivity index (χ1n) is 10.4. The lowest BCUT2D eigenvalue weighted by Crippen LogP contribution is -2.45. The van der Waals surface area contributed by atoms with Gasteiger partial charge >= 0.3 is 0 Å². The van der Waals surface area contributed by atoms with Crippen molar-refractivity contribution in [2.24, 2.45) is 4.99 Å². The molecule has 1 aliphatic rings. The smallest absolute Gasteiger partial charge is 0.240 e. The van der Waals surface area contributed by atoms with Crippen LogP contribution in [0.15, 0.2) is 52.5 Å². The van der Waals surface area contributed by atoms with Gasteiger partial charge in [0.1, 0.15) is 0 Å². The second-order valence-electron chi connectivity index (χ2n) is 7.36. The van der Waals surface area contributed by atoms with Crippen LogP contribution in [-0.4, -0.2) is 58.1 Å². The molecule has 1 aromatic heterocycles. The Balaban J connectivity index is 0.00000363. The van der Waals surface area contributed by atoms with Gasteiger partial charge in [-0.05, 0) is 44.5 Å². The summed E-state index contributed by atoms with van der Waals surface area (Å²) in [6.45, 7) is 6.31. The zero-order chi connectivity index (χ0) is 22.3. The van der Waals surface area contributed by atoms with Gasteiger partial charge in [0.05, 0.1) is 11.4 Å². The predicted octanol–water partition coefficient (Wildman–Crippen LogP) is 2.26. The molecule has 3 N–H and O–H groups in total. The number of hydrogen-bond acceptors (Lipinski definition) is 5. The van der Waals surface area contributed by atoms with Gasteiger partial charge in [0.25, 0.3) is 0 Å². The van der Waals surface area contributed by atoms with Crippen LogP contribution in [-0.2, 0) is 10.0 Å². The third-order valence-corrected chi connectivity index (χ3v) is 6.39. The summed E-state index contributed by atoms with van der Waals surface area (Å²) in [6.07, 6.45) is 2.41.